The average Bonchev–Trinajstić information content (AvgIpc) is 2.53. The molecule has 1 heterocycles. The molecule has 0 fully saturated rings. The molecule has 0 radical (unpaired) electrons. The molecule has 0 aliphatic carbocycles. The van der Waals surface area contributed by atoms with E-state index in [0.717, 1.165) is 35.4 Å². The smallest absolute Gasteiger partial charge is 0.0817 e. The van der Waals surface area contributed by atoms with Crippen LogP contribution in [0, 0.1) is 0 Å². The van der Waals surface area contributed by atoms with Crippen LogP contribution >= 0.6 is 27.5 Å². The largest absolute Gasteiger partial charge is 0.383 e. The zero-order valence-electron chi connectivity index (χ0n) is 8.17. The van der Waals surface area contributed by atoms with E-state index in [2.05, 4.69) is 21.0 Å². The first kappa shape index (κ1) is 12.0. The molecular weight excluding hydrogens is 267 g/mol. The summed E-state index contributed by atoms with van der Waals surface area (Å²) in [5.41, 5.74) is 1.10. The highest BCUT2D eigenvalue weighted by atomic mass is 79.9. The SMILES string of the molecule is COCCn1ncc(Cl)c1CCCBr. The first-order valence-electron chi connectivity index (χ1n) is 4.54. The lowest BCUT2D eigenvalue weighted by molar-refractivity contribution is 0.182. The Morgan fingerprint density at radius 2 is 2.43 bits per heavy atom. The molecule has 0 saturated carbocycles. The monoisotopic (exact) mass is 280 g/mol. The molecule has 14 heavy (non-hydrogen) atoms. The van der Waals surface area contributed by atoms with Gasteiger partial charge in [-0.3, -0.25) is 4.68 Å². The summed E-state index contributed by atoms with van der Waals surface area (Å²) in [6.07, 6.45) is 3.72. The Hall–Kier alpha value is -0.0600. The predicted molar refractivity (Wildman–Crippen MR) is 61.2 cm³/mol. The van der Waals surface area contributed by atoms with E-state index in [1.807, 2.05) is 4.68 Å². The maximum Gasteiger partial charge on any atom is 0.0817 e. The van der Waals surface area contributed by atoms with Crippen molar-refractivity contribution < 1.29 is 4.74 Å². The number of halogens is 2. The van der Waals surface area contributed by atoms with Crippen LogP contribution in [0.3, 0.4) is 0 Å². The number of methoxy groups -OCH3 is 1. The van der Waals surface area contributed by atoms with E-state index in [1.165, 1.54) is 0 Å². The molecule has 1 aromatic heterocycles. The second-order valence-electron chi connectivity index (χ2n) is 2.95. The molecule has 0 atom stereocenters. The molecule has 0 unspecified atom stereocenters. The number of alkyl halides is 1. The van der Waals surface area contributed by atoms with Crippen LogP contribution in [-0.4, -0.2) is 28.8 Å². The predicted octanol–water partition coefficient (Wildman–Crippen LogP) is 2.51. The second-order valence-corrected chi connectivity index (χ2v) is 4.15. The van der Waals surface area contributed by atoms with Crippen LogP contribution in [0.2, 0.25) is 5.02 Å². The van der Waals surface area contributed by atoms with Crippen LogP contribution in [-0.2, 0) is 17.7 Å². The quantitative estimate of drug-likeness (QED) is 0.749. The fourth-order valence-electron chi connectivity index (χ4n) is 1.24. The third-order valence-electron chi connectivity index (χ3n) is 1.95. The molecule has 0 bridgehead atoms. The fraction of sp³-hybridized carbons (Fsp3) is 0.667. The van der Waals surface area contributed by atoms with Gasteiger partial charge in [-0.1, -0.05) is 27.5 Å². The van der Waals surface area contributed by atoms with E-state index in [9.17, 15) is 0 Å². The molecular formula is C9H14BrClN2O. The minimum Gasteiger partial charge on any atom is -0.383 e. The van der Waals surface area contributed by atoms with Gasteiger partial charge in [-0.25, -0.2) is 0 Å². The van der Waals surface area contributed by atoms with Crippen molar-refractivity contribution in [2.75, 3.05) is 19.0 Å². The zero-order chi connectivity index (χ0) is 10.4. The van der Waals surface area contributed by atoms with Gasteiger partial charge in [0.15, 0.2) is 0 Å². The number of hydrogen-bond acceptors (Lipinski definition) is 2. The third kappa shape index (κ3) is 3.26. The number of nitrogens with zero attached hydrogens (tertiary/aromatic N) is 2. The normalized spacial score (nSPS) is 10.8. The van der Waals surface area contributed by atoms with Gasteiger partial charge in [0.2, 0.25) is 0 Å². The standard InChI is InChI=1S/C9H14BrClN2O/c1-14-6-5-13-9(3-2-4-10)8(11)7-12-13/h7H,2-6H2,1H3. The summed E-state index contributed by atoms with van der Waals surface area (Å²) in [4.78, 5) is 0. The lowest BCUT2D eigenvalue weighted by atomic mass is 10.2. The summed E-state index contributed by atoms with van der Waals surface area (Å²) in [6.45, 7) is 1.43. The summed E-state index contributed by atoms with van der Waals surface area (Å²) in [7, 11) is 1.68. The van der Waals surface area contributed by atoms with Gasteiger partial charge in [-0.2, -0.15) is 5.10 Å². The van der Waals surface area contributed by atoms with E-state index >= 15 is 0 Å². The van der Waals surface area contributed by atoms with E-state index in [-0.39, 0.29) is 0 Å². The number of ether oxygens (including phenoxy) is 1. The van der Waals surface area contributed by atoms with E-state index in [1.54, 1.807) is 13.3 Å². The highest BCUT2D eigenvalue weighted by Crippen LogP contribution is 2.17. The highest BCUT2D eigenvalue weighted by molar-refractivity contribution is 9.09. The van der Waals surface area contributed by atoms with Crippen LogP contribution < -0.4 is 0 Å². The van der Waals surface area contributed by atoms with Crippen LogP contribution in [0.4, 0.5) is 0 Å². The molecule has 0 aliphatic heterocycles. The maximum absolute atomic E-state index is 6.02. The first-order valence-corrected chi connectivity index (χ1v) is 6.04. The molecule has 0 saturated heterocycles. The third-order valence-corrected chi connectivity index (χ3v) is 2.83. The molecule has 0 amide bonds. The molecule has 1 aromatic rings. The summed E-state index contributed by atoms with van der Waals surface area (Å²) in [6, 6.07) is 0. The fourth-order valence-corrected chi connectivity index (χ4v) is 1.76. The number of hydrogen-bond donors (Lipinski definition) is 0. The Kier molecular flexibility index (Phi) is 5.52. The molecule has 80 valence electrons. The van der Waals surface area contributed by atoms with Crippen molar-refractivity contribution in [1.29, 1.82) is 0 Å². The Labute approximate surface area is 97.5 Å². The van der Waals surface area contributed by atoms with Gasteiger partial charge in [0.25, 0.3) is 0 Å². The van der Waals surface area contributed by atoms with Crippen molar-refractivity contribution in [2.24, 2.45) is 0 Å². The number of rotatable bonds is 6. The van der Waals surface area contributed by atoms with Crippen molar-refractivity contribution in [3.05, 3.63) is 16.9 Å². The van der Waals surface area contributed by atoms with Gasteiger partial charge in [0.05, 0.1) is 30.1 Å². The minimum absolute atomic E-state index is 0.666. The van der Waals surface area contributed by atoms with Gasteiger partial charge in [-0.15, -0.1) is 0 Å². The summed E-state index contributed by atoms with van der Waals surface area (Å²) in [5.74, 6) is 0. The zero-order valence-corrected chi connectivity index (χ0v) is 10.5. The van der Waals surface area contributed by atoms with E-state index in [4.69, 9.17) is 16.3 Å². The molecule has 1 rings (SSSR count). The van der Waals surface area contributed by atoms with Crippen molar-refractivity contribution in [3.63, 3.8) is 0 Å². The molecule has 0 aliphatic rings. The summed E-state index contributed by atoms with van der Waals surface area (Å²) < 4.78 is 6.91. The van der Waals surface area contributed by atoms with Crippen molar-refractivity contribution in [3.8, 4) is 0 Å². The maximum atomic E-state index is 6.02. The Balaban J connectivity index is 2.62. The van der Waals surface area contributed by atoms with Crippen molar-refractivity contribution in [1.82, 2.24) is 9.78 Å². The van der Waals surface area contributed by atoms with Crippen LogP contribution in [0.15, 0.2) is 6.20 Å². The van der Waals surface area contributed by atoms with Crippen molar-refractivity contribution >= 4 is 27.5 Å². The Morgan fingerprint density at radius 3 is 3.07 bits per heavy atom. The Morgan fingerprint density at radius 1 is 1.64 bits per heavy atom. The second kappa shape index (κ2) is 6.43. The average molecular weight is 282 g/mol. The Bertz CT molecular complexity index is 278. The molecule has 5 heteroatoms. The lowest BCUT2D eigenvalue weighted by Crippen LogP contribution is -2.09. The van der Waals surface area contributed by atoms with Gasteiger partial charge < -0.3 is 4.74 Å². The van der Waals surface area contributed by atoms with Gasteiger partial charge >= 0.3 is 0 Å². The molecule has 0 N–H and O–H groups in total. The van der Waals surface area contributed by atoms with Gasteiger partial charge in [0.1, 0.15) is 0 Å². The number of aromatic nitrogens is 2. The van der Waals surface area contributed by atoms with E-state index < -0.39 is 0 Å². The molecule has 0 aromatic carbocycles. The highest BCUT2D eigenvalue weighted by Gasteiger charge is 2.07. The van der Waals surface area contributed by atoms with Gasteiger partial charge in [0, 0.05) is 12.4 Å². The van der Waals surface area contributed by atoms with Gasteiger partial charge in [-0.05, 0) is 12.8 Å². The lowest BCUT2D eigenvalue weighted by Gasteiger charge is -2.06. The van der Waals surface area contributed by atoms with Crippen LogP contribution in [0.25, 0.3) is 0 Å². The molecule has 0 spiro atoms. The van der Waals surface area contributed by atoms with Crippen LogP contribution in [0.5, 0.6) is 0 Å². The van der Waals surface area contributed by atoms with E-state index in [0.29, 0.717) is 6.61 Å². The first-order chi connectivity index (χ1) is 6.79. The topological polar surface area (TPSA) is 27.1 Å². The van der Waals surface area contributed by atoms with Crippen molar-refractivity contribution in [2.45, 2.75) is 19.4 Å². The molecule has 3 nitrogen and oxygen atoms in total. The summed E-state index contributed by atoms with van der Waals surface area (Å²) >= 11 is 9.42. The van der Waals surface area contributed by atoms with Crippen LogP contribution in [0.1, 0.15) is 12.1 Å². The minimum atomic E-state index is 0.666. The summed E-state index contributed by atoms with van der Waals surface area (Å²) in [5, 5.41) is 5.93.